The molecule has 16 heavy (non-hydrogen) atoms. The van der Waals surface area contributed by atoms with E-state index < -0.39 is 17.9 Å². The molecule has 0 fully saturated rings. The van der Waals surface area contributed by atoms with Crippen LogP contribution < -0.4 is 0 Å². The van der Waals surface area contributed by atoms with Gasteiger partial charge in [-0.3, -0.25) is 0 Å². The molecule has 1 heterocycles. The zero-order valence-electron chi connectivity index (χ0n) is 7.87. The first-order chi connectivity index (χ1) is 7.58. The summed E-state index contributed by atoms with van der Waals surface area (Å²) in [5.41, 5.74) is -0.133. The first-order valence-corrected chi connectivity index (χ1v) is 4.75. The zero-order chi connectivity index (χ0) is 11.7. The van der Waals surface area contributed by atoms with Crippen LogP contribution in [0.15, 0.2) is 30.3 Å². The summed E-state index contributed by atoms with van der Waals surface area (Å²) in [7, 11) is 0. The van der Waals surface area contributed by atoms with Gasteiger partial charge in [0.15, 0.2) is 0 Å². The van der Waals surface area contributed by atoms with E-state index >= 15 is 0 Å². The Morgan fingerprint density at radius 2 is 2.00 bits per heavy atom. The highest BCUT2D eigenvalue weighted by Gasteiger charge is 2.15. The molecule has 0 aliphatic rings. The average Bonchev–Trinajstić information content (AvgIpc) is 2.60. The van der Waals surface area contributed by atoms with Gasteiger partial charge in [-0.15, -0.1) is 0 Å². The predicted octanol–water partition coefficient (Wildman–Crippen LogP) is 3.60. The van der Waals surface area contributed by atoms with Gasteiger partial charge >= 0.3 is 0 Å². The van der Waals surface area contributed by atoms with Crippen molar-refractivity contribution < 1.29 is 13.2 Å². The van der Waals surface area contributed by atoms with E-state index in [0.717, 1.165) is 16.8 Å². The third-order valence-corrected chi connectivity index (χ3v) is 2.23. The maximum Gasteiger partial charge on any atom is 0.282 e. The first-order valence-electron chi connectivity index (χ1n) is 4.37. The van der Waals surface area contributed by atoms with Crippen LogP contribution in [0.25, 0.3) is 5.69 Å². The number of aromatic nitrogens is 2. The highest BCUT2D eigenvalue weighted by atomic mass is 35.5. The molecule has 0 atom stereocenters. The summed E-state index contributed by atoms with van der Waals surface area (Å²) in [5.74, 6) is -0.484. The first kappa shape index (κ1) is 11.0. The SMILES string of the molecule is Fc1cccc(-n2nc(C(F)F)cc2Cl)c1. The molecule has 1 aromatic carbocycles. The quantitative estimate of drug-likeness (QED) is 0.792. The van der Waals surface area contributed by atoms with Gasteiger partial charge in [-0.05, 0) is 18.2 Å². The Bertz CT molecular complexity index is 511. The Morgan fingerprint density at radius 3 is 2.56 bits per heavy atom. The maximum atomic E-state index is 12.9. The minimum atomic E-state index is -2.70. The smallest absolute Gasteiger partial charge is 0.222 e. The number of alkyl halides is 2. The van der Waals surface area contributed by atoms with E-state index in [2.05, 4.69) is 5.10 Å². The van der Waals surface area contributed by atoms with Gasteiger partial charge in [0.25, 0.3) is 6.43 Å². The molecule has 0 N–H and O–H groups in total. The van der Waals surface area contributed by atoms with Gasteiger partial charge in [-0.2, -0.15) is 5.10 Å². The second-order valence-electron chi connectivity index (χ2n) is 3.08. The Kier molecular flexibility index (Phi) is 2.87. The van der Waals surface area contributed by atoms with Crippen molar-refractivity contribution in [1.29, 1.82) is 0 Å². The highest BCUT2D eigenvalue weighted by molar-refractivity contribution is 6.29. The van der Waals surface area contributed by atoms with Gasteiger partial charge in [0, 0.05) is 6.07 Å². The number of nitrogens with zero attached hydrogens (tertiary/aromatic N) is 2. The van der Waals surface area contributed by atoms with Gasteiger partial charge in [0.1, 0.15) is 16.7 Å². The summed E-state index contributed by atoms with van der Waals surface area (Å²) in [4.78, 5) is 0. The molecule has 0 saturated heterocycles. The van der Waals surface area contributed by atoms with E-state index in [1.54, 1.807) is 0 Å². The summed E-state index contributed by atoms with van der Waals surface area (Å²) < 4.78 is 38.7. The molecular formula is C10H6ClF3N2. The average molecular weight is 247 g/mol. The molecule has 84 valence electrons. The lowest BCUT2D eigenvalue weighted by atomic mass is 10.3. The van der Waals surface area contributed by atoms with E-state index in [0.29, 0.717) is 5.69 Å². The summed E-state index contributed by atoms with van der Waals surface area (Å²) in [6.07, 6.45) is -2.70. The molecule has 0 unspecified atom stereocenters. The molecule has 0 aliphatic carbocycles. The topological polar surface area (TPSA) is 17.8 Å². The molecule has 2 rings (SSSR count). The van der Waals surface area contributed by atoms with Crippen LogP contribution in [0.3, 0.4) is 0 Å². The van der Waals surface area contributed by atoms with Gasteiger partial charge < -0.3 is 0 Å². The van der Waals surface area contributed by atoms with E-state index in [9.17, 15) is 13.2 Å². The molecule has 0 saturated carbocycles. The van der Waals surface area contributed by atoms with Crippen LogP contribution in [0.1, 0.15) is 12.1 Å². The Labute approximate surface area is 94.3 Å². The summed E-state index contributed by atoms with van der Waals surface area (Å²) >= 11 is 5.72. The normalized spacial score (nSPS) is 11.1. The molecule has 0 aliphatic heterocycles. The van der Waals surface area contributed by atoms with E-state index in [4.69, 9.17) is 11.6 Å². The van der Waals surface area contributed by atoms with Crippen LogP contribution in [-0.4, -0.2) is 9.78 Å². The molecule has 1 aromatic heterocycles. The molecular weight excluding hydrogens is 241 g/mol. The molecule has 2 nitrogen and oxygen atoms in total. The molecule has 2 aromatic rings. The van der Waals surface area contributed by atoms with Crippen molar-refractivity contribution in [2.45, 2.75) is 6.43 Å². The molecule has 0 radical (unpaired) electrons. The largest absolute Gasteiger partial charge is 0.282 e. The van der Waals surface area contributed by atoms with Crippen LogP contribution in [0.4, 0.5) is 13.2 Å². The van der Waals surface area contributed by atoms with Crippen molar-refractivity contribution in [3.8, 4) is 5.69 Å². The minimum Gasteiger partial charge on any atom is -0.222 e. The molecule has 0 bridgehead atoms. The van der Waals surface area contributed by atoms with Gasteiger partial charge in [0.2, 0.25) is 0 Å². The number of rotatable bonds is 2. The number of benzene rings is 1. The molecule has 6 heteroatoms. The fourth-order valence-corrected chi connectivity index (χ4v) is 1.52. The molecule has 0 amide bonds. The van der Waals surface area contributed by atoms with Crippen molar-refractivity contribution in [3.05, 3.63) is 47.0 Å². The second-order valence-corrected chi connectivity index (χ2v) is 3.47. The van der Waals surface area contributed by atoms with Gasteiger partial charge in [-0.1, -0.05) is 17.7 Å². The van der Waals surface area contributed by atoms with E-state index in [1.807, 2.05) is 0 Å². The van der Waals surface area contributed by atoms with Crippen LogP contribution in [0, 0.1) is 5.82 Å². The lowest BCUT2D eigenvalue weighted by Crippen LogP contribution is -1.98. The number of hydrogen-bond donors (Lipinski definition) is 0. The Hall–Kier alpha value is -1.49. The lowest BCUT2D eigenvalue weighted by Gasteiger charge is -2.02. The summed E-state index contributed by atoms with van der Waals surface area (Å²) in [6, 6.07) is 6.43. The lowest BCUT2D eigenvalue weighted by molar-refractivity contribution is 0.145. The third kappa shape index (κ3) is 2.04. The monoisotopic (exact) mass is 246 g/mol. The highest BCUT2D eigenvalue weighted by Crippen LogP contribution is 2.23. The number of hydrogen-bond acceptors (Lipinski definition) is 1. The fraction of sp³-hybridized carbons (Fsp3) is 0.100. The van der Waals surface area contributed by atoms with Crippen LogP contribution in [0.5, 0.6) is 0 Å². The van der Waals surface area contributed by atoms with Crippen molar-refractivity contribution >= 4 is 11.6 Å². The van der Waals surface area contributed by atoms with Crippen LogP contribution in [0.2, 0.25) is 5.15 Å². The van der Waals surface area contributed by atoms with Gasteiger partial charge in [0.05, 0.1) is 5.69 Å². The number of halogens is 4. The Balaban J connectivity index is 2.48. The van der Waals surface area contributed by atoms with Crippen molar-refractivity contribution in [2.24, 2.45) is 0 Å². The van der Waals surface area contributed by atoms with E-state index in [1.165, 1.54) is 18.2 Å². The summed E-state index contributed by atoms with van der Waals surface area (Å²) in [5, 5.41) is 3.60. The van der Waals surface area contributed by atoms with Crippen molar-refractivity contribution in [3.63, 3.8) is 0 Å². The third-order valence-electron chi connectivity index (χ3n) is 1.96. The maximum absolute atomic E-state index is 12.9. The van der Waals surface area contributed by atoms with E-state index in [-0.39, 0.29) is 5.15 Å². The van der Waals surface area contributed by atoms with Crippen LogP contribution >= 0.6 is 11.6 Å². The second kappa shape index (κ2) is 4.17. The van der Waals surface area contributed by atoms with Crippen molar-refractivity contribution in [2.75, 3.05) is 0 Å². The predicted molar refractivity (Wildman–Crippen MR) is 53.5 cm³/mol. The minimum absolute atomic E-state index is 0.0147. The summed E-state index contributed by atoms with van der Waals surface area (Å²) in [6.45, 7) is 0. The molecule has 0 spiro atoms. The zero-order valence-corrected chi connectivity index (χ0v) is 8.63. The standard InChI is InChI=1S/C10H6ClF3N2/c11-9-5-8(10(13)14)15-16(9)7-3-1-2-6(12)4-7/h1-5,10H. The van der Waals surface area contributed by atoms with Crippen molar-refractivity contribution in [1.82, 2.24) is 9.78 Å². The fourth-order valence-electron chi connectivity index (χ4n) is 1.27. The van der Waals surface area contributed by atoms with Gasteiger partial charge in [-0.25, -0.2) is 17.9 Å². The van der Waals surface area contributed by atoms with Crippen LogP contribution in [-0.2, 0) is 0 Å². The Morgan fingerprint density at radius 1 is 1.25 bits per heavy atom.